The number of benzene rings is 3. The van der Waals surface area contributed by atoms with Crippen LogP contribution in [-0.2, 0) is 4.65 Å². The van der Waals surface area contributed by atoms with Crippen LogP contribution >= 0.6 is 11.6 Å². The van der Waals surface area contributed by atoms with Crippen molar-refractivity contribution in [1.29, 1.82) is 5.26 Å². The van der Waals surface area contributed by atoms with Crippen LogP contribution in [0.25, 0.3) is 11.1 Å². The van der Waals surface area contributed by atoms with E-state index in [0.717, 1.165) is 5.46 Å². The van der Waals surface area contributed by atoms with Gasteiger partial charge in [0.2, 0.25) is 0 Å². The molecule has 0 unspecified atom stereocenters. The summed E-state index contributed by atoms with van der Waals surface area (Å²) in [4.78, 5) is 0. The predicted octanol–water partition coefficient (Wildman–Crippen LogP) is 5.32. The quantitative estimate of drug-likeness (QED) is 0.419. The molecule has 32 heavy (non-hydrogen) atoms. The third-order valence-electron chi connectivity index (χ3n) is 5.87. The predicted molar refractivity (Wildman–Crippen MR) is 126 cm³/mol. The van der Waals surface area contributed by atoms with Crippen LogP contribution in [0.5, 0.6) is 23.0 Å². The first-order valence-corrected chi connectivity index (χ1v) is 10.7. The molecule has 3 aromatic carbocycles. The number of hydrogen-bond donors (Lipinski definition) is 1. The van der Waals surface area contributed by atoms with Gasteiger partial charge in [-0.3, -0.25) is 0 Å². The molecule has 1 aliphatic heterocycles. The van der Waals surface area contributed by atoms with Crippen LogP contribution in [0.2, 0.25) is 5.02 Å². The molecule has 1 heterocycles. The maximum absolute atomic E-state index is 10.3. The molecule has 3 aromatic rings. The fraction of sp³-hybridized carbons (Fsp3) is 0.240. The van der Waals surface area contributed by atoms with Gasteiger partial charge >= 0.3 is 7.48 Å². The van der Waals surface area contributed by atoms with Gasteiger partial charge in [-0.15, -0.1) is 0 Å². The molecule has 1 N–H and O–H groups in total. The van der Waals surface area contributed by atoms with Crippen LogP contribution in [0.3, 0.4) is 0 Å². The normalized spacial score (nSPS) is 12.7. The molecule has 0 saturated heterocycles. The molecule has 0 aliphatic carbocycles. The summed E-state index contributed by atoms with van der Waals surface area (Å²) in [5.74, 6) is 2.30. The Labute approximate surface area is 193 Å². The number of nitriles is 1. The minimum Gasteiger partial charge on any atom is -0.449 e. The molecule has 0 atom stereocenters. The van der Waals surface area contributed by atoms with E-state index in [0.29, 0.717) is 44.7 Å². The van der Waals surface area contributed by atoms with Crippen LogP contribution < -0.4 is 14.9 Å². The highest BCUT2D eigenvalue weighted by Crippen LogP contribution is 2.50. The molecular formula is C25H23BClNO4. The lowest BCUT2D eigenvalue weighted by Gasteiger charge is -2.37. The Kier molecular flexibility index (Phi) is 5.68. The molecule has 0 fully saturated rings. The number of nitrogens with zero attached hydrogens (tertiary/aromatic N) is 1. The van der Waals surface area contributed by atoms with E-state index in [1.807, 2.05) is 56.3 Å². The van der Waals surface area contributed by atoms with Crippen LogP contribution in [0.15, 0.2) is 54.6 Å². The van der Waals surface area contributed by atoms with Crippen LogP contribution in [0, 0.1) is 11.3 Å². The van der Waals surface area contributed by atoms with Crippen molar-refractivity contribution in [2.45, 2.75) is 38.9 Å². The lowest BCUT2D eigenvalue weighted by atomic mass is 9.81. The van der Waals surface area contributed by atoms with E-state index in [1.165, 1.54) is 0 Å². The second-order valence-electron chi connectivity index (χ2n) is 8.75. The van der Waals surface area contributed by atoms with Gasteiger partial charge < -0.3 is 19.2 Å². The molecule has 0 spiro atoms. The number of halogens is 1. The van der Waals surface area contributed by atoms with Gasteiger partial charge in [-0.2, -0.15) is 5.26 Å². The molecule has 0 bridgehead atoms. The zero-order valence-corrected chi connectivity index (χ0v) is 19.2. The molecule has 5 nitrogen and oxygen atoms in total. The van der Waals surface area contributed by atoms with Gasteiger partial charge in [0.25, 0.3) is 0 Å². The Bertz CT molecular complexity index is 1230. The highest BCUT2D eigenvalue weighted by Gasteiger charge is 2.35. The third kappa shape index (κ3) is 4.07. The van der Waals surface area contributed by atoms with Crippen LogP contribution in [0.1, 0.15) is 33.3 Å². The van der Waals surface area contributed by atoms with Crippen molar-refractivity contribution in [2.75, 3.05) is 0 Å². The van der Waals surface area contributed by atoms with Gasteiger partial charge in [0.1, 0.15) is 0 Å². The van der Waals surface area contributed by atoms with E-state index in [4.69, 9.17) is 25.7 Å². The summed E-state index contributed by atoms with van der Waals surface area (Å²) < 4.78 is 18.1. The first-order valence-electron chi connectivity index (χ1n) is 10.3. The fourth-order valence-corrected chi connectivity index (χ4v) is 3.64. The summed E-state index contributed by atoms with van der Waals surface area (Å²) in [6.07, 6.45) is 0. The maximum Gasteiger partial charge on any atom is 0.309 e. The fourth-order valence-electron chi connectivity index (χ4n) is 3.29. The Morgan fingerprint density at radius 2 is 1.62 bits per heavy atom. The van der Waals surface area contributed by atoms with Gasteiger partial charge in [0.05, 0.1) is 22.8 Å². The number of rotatable bonds is 5. The second kappa shape index (κ2) is 8.18. The molecule has 0 aromatic heterocycles. The molecule has 0 saturated carbocycles. The first-order chi connectivity index (χ1) is 15.1. The van der Waals surface area contributed by atoms with Crippen molar-refractivity contribution >= 4 is 24.5 Å². The van der Waals surface area contributed by atoms with Crippen molar-refractivity contribution in [3.63, 3.8) is 0 Å². The van der Waals surface area contributed by atoms with E-state index >= 15 is 0 Å². The summed E-state index contributed by atoms with van der Waals surface area (Å²) >= 11 is 6.68. The van der Waals surface area contributed by atoms with Crippen molar-refractivity contribution in [3.8, 4) is 40.2 Å². The minimum atomic E-state index is -1.04. The highest BCUT2D eigenvalue weighted by molar-refractivity contribution is 6.48. The Morgan fingerprint density at radius 3 is 2.28 bits per heavy atom. The molecule has 4 rings (SSSR count). The number of fused-ring (bicyclic) bond motifs is 2. The number of hydrogen-bond acceptors (Lipinski definition) is 5. The molecule has 0 radical (unpaired) electrons. The number of aliphatic hydroxyl groups is 1. The SMILES string of the molecule is CC(C)(O)C(C)(C)OBc1cc(Cl)c(-c2cccc3c2Oc2ccccc2O3)c(C#N)c1. The average Bonchev–Trinajstić information content (AvgIpc) is 2.75. The lowest BCUT2D eigenvalue weighted by Crippen LogP contribution is -2.49. The van der Waals surface area contributed by atoms with Crippen LogP contribution in [-0.4, -0.2) is 23.8 Å². The van der Waals surface area contributed by atoms with E-state index in [1.54, 1.807) is 26.0 Å². The molecule has 1 aliphatic rings. The topological polar surface area (TPSA) is 71.7 Å². The number of para-hydroxylation sites is 3. The molecule has 0 amide bonds. The summed E-state index contributed by atoms with van der Waals surface area (Å²) in [6.45, 7) is 7.03. The van der Waals surface area contributed by atoms with Crippen molar-refractivity contribution in [1.82, 2.24) is 0 Å². The van der Waals surface area contributed by atoms with E-state index in [-0.39, 0.29) is 7.48 Å². The Hall–Kier alpha value is -2.98. The highest BCUT2D eigenvalue weighted by atomic mass is 35.5. The standard InChI is InChI=1S/C25H23BClNO4/c1-24(2,29)25(3,4)32-26-16-12-15(14-28)22(18(27)13-16)17-8-7-11-21-23(17)31-20-10-6-5-9-19(20)30-21/h5-13,26,29H,1-4H3. The third-order valence-corrected chi connectivity index (χ3v) is 6.17. The zero-order valence-electron chi connectivity index (χ0n) is 18.4. The smallest absolute Gasteiger partial charge is 0.309 e. The van der Waals surface area contributed by atoms with Crippen LogP contribution in [0.4, 0.5) is 0 Å². The zero-order chi connectivity index (χ0) is 23.1. The summed E-state index contributed by atoms with van der Waals surface area (Å²) in [7, 11) is 0.200. The number of ether oxygens (including phenoxy) is 2. The summed E-state index contributed by atoms with van der Waals surface area (Å²) in [6, 6.07) is 18.7. The molecule has 7 heteroatoms. The van der Waals surface area contributed by atoms with Gasteiger partial charge in [-0.1, -0.05) is 35.9 Å². The van der Waals surface area contributed by atoms with Gasteiger partial charge in [0.15, 0.2) is 23.0 Å². The summed E-state index contributed by atoms with van der Waals surface area (Å²) in [5.41, 5.74) is 0.545. The lowest BCUT2D eigenvalue weighted by molar-refractivity contribution is -0.0893. The first kappa shape index (κ1) is 22.2. The van der Waals surface area contributed by atoms with E-state index in [9.17, 15) is 10.4 Å². The molecule has 162 valence electrons. The van der Waals surface area contributed by atoms with E-state index in [2.05, 4.69) is 6.07 Å². The minimum absolute atomic E-state index is 0.200. The second-order valence-corrected chi connectivity index (χ2v) is 9.16. The Morgan fingerprint density at radius 1 is 0.969 bits per heavy atom. The molecular weight excluding hydrogens is 425 g/mol. The average molecular weight is 448 g/mol. The van der Waals surface area contributed by atoms with Gasteiger partial charge in [0, 0.05) is 16.1 Å². The van der Waals surface area contributed by atoms with Gasteiger partial charge in [-0.05, 0) is 63.5 Å². The monoisotopic (exact) mass is 447 g/mol. The van der Waals surface area contributed by atoms with Crippen molar-refractivity contribution in [3.05, 3.63) is 65.2 Å². The Balaban J connectivity index is 1.72. The van der Waals surface area contributed by atoms with Crippen molar-refractivity contribution < 1.29 is 19.2 Å². The van der Waals surface area contributed by atoms with E-state index < -0.39 is 11.2 Å². The maximum atomic E-state index is 10.3. The summed E-state index contributed by atoms with van der Waals surface area (Å²) in [5, 5.41) is 20.6. The van der Waals surface area contributed by atoms with Crippen molar-refractivity contribution in [2.24, 2.45) is 0 Å². The largest absolute Gasteiger partial charge is 0.449 e. The van der Waals surface area contributed by atoms with Gasteiger partial charge in [-0.25, -0.2) is 0 Å².